The highest BCUT2D eigenvalue weighted by Crippen LogP contribution is 2.28. The first-order chi connectivity index (χ1) is 13.4. The Hall–Kier alpha value is -2.35. The van der Waals surface area contributed by atoms with Gasteiger partial charge < -0.3 is 10.2 Å². The minimum atomic E-state index is -2.91. The predicted octanol–water partition coefficient (Wildman–Crippen LogP) is 1.63. The SMILES string of the molecule is Cn1nc(-c2ccccc2)c2c1CCN(C(=O)NCC1CCS(=O)(=O)C1)CC2. The second-order valence-electron chi connectivity index (χ2n) is 7.71. The van der Waals surface area contributed by atoms with Gasteiger partial charge in [-0.2, -0.15) is 5.10 Å². The molecule has 3 heterocycles. The molecular formula is C20H26N4O3S. The summed E-state index contributed by atoms with van der Waals surface area (Å²) in [7, 11) is -0.953. The van der Waals surface area contributed by atoms with Crippen molar-refractivity contribution in [3.05, 3.63) is 41.6 Å². The topological polar surface area (TPSA) is 84.3 Å². The minimum absolute atomic E-state index is 0.0343. The lowest BCUT2D eigenvalue weighted by Crippen LogP contribution is -2.43. The molecule has 1 N–H and O–H groups in total. The van der Waals surface area contributed by atoms with Crippen LogP contribution in [0, 0.1) is 5.92 Å². The number of benzene rings is 1. The normalized spacial score (nSPS) is 21.2. The Morgan fingerprint density at radius 3 is 2.68 bits per heavy atom. The van der Waals surface area contributed by atoms with Crippen LogP contribution in [0.25, 0.3) is 11.3 Å². The summed E-state index contributed by atoms with van der Waals surface area (Å²) in [6.45, 7) is 1.70. The number of nitrogens with one attached hydrogen (secondary N) is 1. The molecule has 1 saturated heterocycles. The molecule has 0 aliphatic carbocycles. The average molecular weight is 403 g/mol. The van der Waals surface area contributed by atoms with Gasteiger partial charge in [0.25, 0.3) is 0 Å². The van der Waals surface area contributed by atoms with E-state index in [0.717, 1.165) is 24.1 Å². The van der Waals surface area contributed by atoms with E-state index >= 15 is 0 Å². The lowest BCUT2D eigenvalue weighted by Gasteiger charge is -2.22. The van der Waals surface area contributed by atoms with E-state index in [-0.39, 0.29) is 23.5 Å². The molecule has 2 aliphatic heterocycles. The molecule has 2 aliphatic rings. The van der Waals surface area contributed by atoms with Crippen LogP contribution >= 0.6 is 0 Å². The lowest BCUT2D eigenvalue weighted by atomic mass is 10.0. The molecule has 2 amide bonds. The third kappa shape index (κ3) is 3.92. The van der Waals surface area contributed by atoms with E-state index in [4.69, 9.17) is 5.10 Å². The lowest BCUT2D eigenvalue weighted by molar-refractivity contribution is 0.198. The summed E-state index contributed by atoms with van der Waals surface area (Å²) >= 11 is 0. The van der Waals surface area contributed by atoms with E-state index in [1.54, 1.807) is 0 Å². The maximum absolute atomic E-state index is 12.6. The standard InChI is InChI=1S/C20H26N4O3S/c1-23-18-8-11-24(20(25)21-13-15-9-12-28(26,27)14-15)10-7-17(18)19(22-23)16-5-3-2-4-6-16/h2-6,15H,7-14H2,1H3,(H,21,25). The number of aryl methyl sites for hydroxylation is 1. The summed E-state index contributed by atoms with van der Waals surface area (Å²) in [4.78, 5) is 14.5. The van der Waals surface area contributed by atoms with Gasteiger partial charge in [-0.15, -0.1) is 0 Å². The minimum Gasteiger partial charge on any atom is -0.338 e. The molecule has 150 valence electrons. The van der Waals surface area contributed by atoms with Crippen molar-refractivity contribution in [2.45, 2.75) is 19.3 Å². The summed E-state index contributed by atoms with van der Waals surface area (Å²) in [5, 5.41) is 7.66. The first-order valence-corrected chi connectivity index (χ1v) is 11.6. The van der Waals surface area contributed by atoms with Crippen molar-refractivity contribution in [3.8, 4) is 11.3 Å². The summed E-state index contributed by atoms with van der Waals surface area (Å²) in [5.41, 5.74) is 4.48. The number of carbonyl (C=O) groups is 1. The van der Waals surface area contributed by atoms with Gasteiger partial charge in [0.2, 0.25) is 0 Å². The van der Waals surface area contributed by atoms with Gasteiger partial charge in [0.15, 0.2) is 9.84 Å². The number of fused-ring (bicyclic) bond motifs is 1. The molecule has 28 heavy (non-hydrogen) atoms. The Bertz CT molecular complexity index is 969. The van der Waals surface area contributed by atoms with E-state index in [1.165, 1.54) is 11.3 Å². The zero-order valence-corrected chi connectivity index (χ0v) is 16.9. The number of urea groups is 1. The van der Waals surface area contributed by atoms with E-state index in [9.17, 15) is 13.2 Å². The molecule has 1 aromatic heterocycles. The largest absolute Gasteiger partial charge is 0.338 e. The van der Waals surface area contributed by atoms with Crippen molar-refractivity contribution in [1.29, 1.82) is 0 Å². The van der Waals surface area contributed by atoms with E-state index in [1.807, 2.05) is 34.8 Å². The van der Waals surface area contributed by atoms with E-state index in [2.05, 4.69) is 17.4 Å². The number of carbonyl (C=O) groups excluding carboxylic acids is 1. The van der Waals surface area contributed by atoms with Crippen LogP contribution in [0.4, 0.5) is 4.79 Å². The molecular weight excluding hydrogens is 376 g/mol. The highest BCUT2D eigenvalue weighted by atomic mass is 32.2. The highest BCUT2D eigenvalue weighted by molar-refractivity contribution is 7.91. The Kier molecular flexibility index (Phi) is 5.14. The van der Waals surface area contributed by atoms with Crippen molar-refractivity contribution < 1.29 is 13.2 Å². The molecule has 8 heteroatoms. The number of nitrogens with zero attached hydrogens (tertiary/aromatic N) is 3. The molecule has 1 aromatic carbocycles. The van der Waals surface area contributed by atoms with Gasteiger partial charge >= 0.3 is 6.03 Å². The second kappa shape index (κ2) is 7.58. The van der Waals surface area contributed by atoms with Gasteiger partial charge in [-0.1, -0.05) is 30.3 Å². The number of amides is 2. The van der Waals surface area contributed by atoms with Gasteiger partial charge in [-0.3, -0.25) is 4.68 Å². The molecule has 2 aromatic rings. The number of hydrogen-bond donors (Lipinski definition) is 1. The third-order valence-corrected chi connectivity index (χ3v) is 7.57. The van der Waals surface area contributed by atoms with E-state index < -0.39 is 9.84 Å². The van der Waals surface area contributed by atoms with Crippen LogP contribution in [0.2, 0.25) is 0 Å². The summed E-state index contributed by atoms with van der Waals surface area (Å²) < 4.78 is 25.1. The zero-order chi connectivity index (χ0) is 19.7. The second-order valence-corrected chi connectivity index (χ2v) is 9.93. The molecule has 0 saturated carbocycles. The quantitative estimate of drug-likeness (QED) is 0.846. The average Bonchev–Trinajstić information content (AvgIpc) is 3.09. The van der Waals surface area contributed by atoms with Crippen molar-refractivity contribution in [2.24, 2.45) is 13.0 Å². The Morgan fingerprint density at radius 2 is 1.96 bits per heavy atom. The molecule has 7 nitrogen and oxygen atoms in total. The maximum atomic E-state index is 12.6. The molecule has 1 atom stereocenters. The first kappa shape index (κ1) is 19.0. The van der Waals surface area contributed by atoms with Crippen LogP contribution in [0.15, 0.2) is 30.3 Å². The smallest absolute Gasteiger partial charge is 0.317 e. The van der Waals surface area contributed by atoms with Gasteiger partial charge in [-0.05, 0) is 18.8 Å². The monoisotopic (exact) mass is 402 g/mol. The fourth-order valence-corrected chi connectivity index (χ4v) is 6.05. The van der Waals surface area contributed by atoms with Gasteiger partial charge in [0.1, 0.15) is 0 Å². The molecule has 4 rings (SSSR count). The Morgan fingerprint density at radius 1 is 1.21 bits per heavy atom. The summed E-state index contributed by atoms with van der Waals surface area (Å²) in [5.74, 6) is 0.458. The Labute approximate surface area is 165 Å². The Balaban J connectivity index is 1.41. The number of hydrogen-bond acceptors (Lipinski definition) is 4. The molecule has 0 radical (unpaired) electrons. The first-order valence-electron chi connectivity index (χ1n) is 9.76. The summed E-state index contributed by atoms with van der Waals surface area (Å²) in [6, 6.07) is 10.0. The zero-order valence-electron chi connectivity index (χ0n) is 16.1. The van der Waals surface area contributed by atoms with Crippen LogP contribution in [-0.2, 0) is 29.7 Å². The fraction of sp³-hybridized carbons (Fsp3) is 0.500. The van der Waals surface area contributed by atoms with Crippen molar-refractivity contribution in [3.63, 3.8) is 0 Å². The van der Waals surface area contributed by atoms with Crippen LogP contribution in [0.3, 0.4) is 0 Å². The summed E-state index contributed by atoms with van der Waals surface area (Å²) in [6.07, 6.45) is 2.16. The predicted molar refractivity (Wildman–Crippen MR) is 108 cm³/mol. The van der Waals surface area contributed by atoms with Gasteiger partial charge in [0.05, 0.1) is 17.2 Å². The van der Waals surface area contributed by atoms with Crippen molar-refractivity contribution in [1.82, 2.24) is 20.0 Å². The third-order valence-electron chi connectivity index (χ3n) is 5.73. The number of sulfone groups is 1. The maximum Gasteiger partial charge on any atom is 0.317 e. The molecule has 0 bridgehead atoms. The van der Waals surface area contributed by atoms with Crippen molar-refractivity contribution in [2.75, 3.05) is 31.1 Å². The van der Waals surface area contributed by atoms with Crippen LogP contribution in [0.1, 0.15) is 17.7 Å². The molecule has 1 fully saturated rings. The number of rotatable bonds is 3. The van der Waals surface area contributed by atoms with Crippen molar-refractivity contribution >= 4 is 15.9 Å². The highest BCUT2D eigenvalue weighted by Gasteiger charge is 2.29. The molecule has 1 unspecified atom stereocenters. The van der Waals surface area contributed by atoms with Gasteiger partial charge in [0, 0.05) is 49.9 Å². The van der Waals surface area contributed by atoms with Crippen LogP contribution in [0.5, 0.6) is 0 Å². The fourth-order valence-electron chi connectivity index (χ4n) is 4.19. The van der Waals surface area contributed by atoms with Crippen LogP contribution < -0.4 is 5.32 Å². The van der Waals surface area contributed by atoms with Gasteiger partial charge in [-0.25, -0.2) is 13.2 Å². The molecule has 0 spiro atoms. The number of aromatic nitrogens is 2. The van der Waals surface area contributed by atoms with Crippen LogP contribution in [-0.4, -0.2) is 60.3 Å². The van der Waals surface area contributed by atoms with E-state index in [0.29, 0.717) is 26.1 Å².